The molecule has 4 unspecified atom stereocenters. The minimum absolute atomic E-state index is 0.0541. The van der Waals surface area contributed by atoms with Crippen molar-refractivity contribution in [2.24, 2.45) is 32.5 Å². The van der Waals surface area contributed by atoms with Gasteiger partial charge in [0.1, 0.15) is 34.5 Å². The summed E-state index contributed by atoms with van der Waals surface area (Å²) in [4.78, 5) is 2.27. The Kier molecular flexibility index (Phi) is 26.8. The first kappa shape index (κ1) is 87.6. The molecule has 9 heteroatoms. The second kappa shape index (κ2) is 32.7. The number of rotatable bonds is 11. The van der Waals surface area contributed by atoms with Gasteiger partial charge < -0.3 is 40.9 Å². The van der Waals surface area contributed by atoms with Crippen molar-refractivity contribution in [1.82, 2.24) is 0 Å². The van der Waals surface area contributed by atoms with Gasteiger partial charge >= 0.3 is 0 Å². The normalized spacial score (nSPS) is 20.5. The van der Waals surface area contributed by atoms with Crippen LogP contribution in [0.4, 0.5) is 0 Å². The zero-order chi connectivity index (χ0) is 80.6. The third-order valence-corrected chi connectivity index (χ3v) is 26.2. The van der Waals surface area contributed by atoms with Crippen molar-refractivity contribution < 1.29 is 40.9 Å². The lowest BCUT2D eigenvalue weighted by molar-refractivity contribution is -0.0540. The molecule has 0 saturated heterocycles. The molecule has 6 aromatic rings. The third-order valence-electron chi connectivity index (χ3n) is 24.9. The van der Waals surface area contributed by atoms with Crippen LogP contribution in [0.5, 0.6) is 34.5 Å². The maximum Gasteiger partial charge on any atom is 0.122 e. The van der Waals surface area contributed by atoms with Gasteiger partial charge in [0.15, 0.2) is 0 Å². The van der Waals surface area contributed by atoms with Crippen molar-refractivity contribution in [2.45, 2.75) is 326 Å². The van der Waals surface area contributed by atoms with Crippen LogP contribution in [0.1, 0.15) is 307 Å². The Morgan fingerprint density at radius 2 is 0.710 bits per heavy atom. The second-order valence-corrected chi connectivity index (χ2v) is 41.0. The van der Waals surface area contributed by atoms with E-state index in [1.807, 2.05) is 64.1 Å². The van der Waals surface area contributed by atoms with Gasteiger partial charge in [-0.15, -0.1) is 0 Å². The predicted molar refractivity (Wildman–Crippen MR) is 453 cm³/mol. The Hall–Kier alpha value is -6.65. The van der Waals surface area contributed by atoms with Gasteiger partial charge in [-0.1, -0.05) is 299 Å². The Bertz CT molecular complexity index is 3980. The lowest BCUT2D eigenvalue weighted by Crippen LogP contribution is -2.52. The summed E-state index contributed by atoms with van der Waals surface area (Å²) in [5.41, 5.74) is 15.2. The molecule has 4 aliphatic carbocycles. The van der Waals surface area contributed by atoms with Gasteiger partial charge in [0, 0.05) is 54.7 Å². The van der Waals surface area contributed by atoms with Crippen LogP contribution in [-0.4, -0.2) is 53.1 Å². The fourth-order valence-corrected chi connectivity index (χ4v) is 18.3. The largest absolute Gasteiger partial charge is 0.508 e. The highest BCUT2D eigenvalue weighted by molar-refractivity contribution is 7.99. The molecular formula is C98H140O8S. The van der Waals surface area contributed by atoms with Gasteiger partial charge in [-0.05, 0) is 215 Å². The molecule has 2 fully saturated rings. The zero-order valence-corrected chi connectivity index (χ0v) is 72.2. The van der Waals surface area contributed by atoms with E-state index in [1.54, 1.807) is 23.9 Å². The van der Waals surface area contributed by atoms with Gasteiger partial charge in [0.2, 0.25) is 0 Å². The molecule has 10 rings (SSSR count). The SMILES string of the molecule is CC(C)(C)C1=CC=CC(CCC2(C(C)(C)C)C=CC=C(C(C)(C)C)C2O)(C(C)(C)C)C1O.Cc1cc(C(C)(C)c2ccc(O)c(C)c2)ccc1O.Cc1cc(Cc2cc(C)cc(C3(C)CCCCC3)c2O)c(O)c(C2(C)CCCCC2)c1.Cc1cc(O)c(C(C)(C)C)cc1Sc1cc(C(C)(C)C)c(O)cc1C. The van der Waals surface area contributed by atoms with E-state index in [9.17, 15) is 40.9 Å². The standard InChI is InChI=1S/C30H50O2.C29H40O2.C22H30O2S.C17H20O2/c1-25(2,3)21-15-13-17-29(23(21)31,27(7,8)9)19-20-30(28(10,11)12)18-14-16-22(24(30)32)26(4,5)6;1-20-15-22(26(30)24(17-20)28(3)11-7-5-8-12-28)19-23-16-21(2)18-25(27(23)31)29(4)13-9-6-10-14-29;1-13-9-17(23)15(21(3,4)5)11-19(13)25-20-12-16(22(6,7)8)18(24)10-14(20)2;1-11-9-13(5-7-15(11)18)17(3,4)14-6-8-16(19)12(2)10-14/h13-18,23-24,31-32H,19-20H2,1-12H3;15-18,30-31H,5-14,19H2,1-4H3;9-12,23-24H,1-8H3;5-10,18-19H,1-4H3. The number of phenolic OH excluding ortho intramolecular Hbond substituents is 6. The van der Waals surface area contributed by atoms with Crippen LogP contribution in [0.3, 0.4) is 0 Å². The molecule has 586 valence electrons. The molecule has 0 amide bonds. The van der Waals surface area contributed by atoms with Crippen molar-refractivity contribution >= 4 is 11.8 Å². The third kappa shape index (κ3) is 19.7. The number of hydrogen-bond acceptors (Lipinski definition) is 9. The summed E-state index contributed by atoms with van der Waals surface area (Å²) < 4.78 is 0. The van der Waals surface area contributed by atoms with Crippen molar-refractivity contribution in [2.75, 3.05) is 0 Å². The van der Waals surface area contributed by atoms with Gasteiger partial charge in [-0.3, -0.25) is 0 Å². The second-order valence-electron chi connectivity index (χ2n) is 39.9. The first-order chi connectivity index (χ1) is 49.0. The maximum absolute atomic E-state index is 11.8. The summed E-state index contributed by atoms with van der Waals surface area (Å²) in [6.07, 6.45) is 26.2. The number of phenols is 6. The molecule has 8 N–H and O–H groups in total. The minimum Gasteiger partial charge on any atom is -0.508 e. The first-order valence-corrected chi connectivity index (χ1v) is 40.6. The molecule has 0 bridgehead atoms. The molecule has 107 heavy (non-hydrogen) atoms. The topological polar surface area (TPSA) is 162 Å². The molecule has 2 saturated carbocycles. The summed E-state index contributed by atoms with van der Waals surface area (Å²) >= 11 is 1.70. The fraction of sp³-hybridized carbons (Fsp3) is 0.551. The average molecular weight is 1480 g/mol. The number of aliphatic hydroxyl groups is 2. The van der Waals surface area contributed by atoms with E-state index < -0.39 is 23.0 Å². The van der Waals surface area contributed by atoms with E-state index in [-0.39, 0.29) is 48.7 Å². The quantitative estimate of drug-likeness (QED) is 0.0631. The summed E-state index contributed by atoms with van der Waals surface area (Å²) in [5.74, 6) is 2.24. The molecule has 4 atom stereocenters. The summed E-state index contributed by atoms with van der Waals surface area (Å²) in [5, 5.41) is 86.2. The van der Waals surface area contributed by atoms with Crippen LogP contribution in [-0.2, 0) is 33.5 Å². The van der Waals surface area contributed by atoms with Crippen LogP contribution in [0.15, 0.2) is 142 Å². The van der Waals surface area contributed by atoms with Crippen LogP contribution < -0.4 is 0 Å². The molecule has 4 aliphatic rings. The molecule has 6 aromatic carbocycles. The molecular weight excluding hydrogens is 1340 g/mol. The van der Waals surface area contributed by atoms with E-state index >= 15 is 0 Å². The molecule has 0 heterocycles. The van der Waals surface area contributed by atoms with Gasteiger partial charge in [-0.2, -0.15) is 0 Å². The van der Waals surface area contributed by atoms with Gasteiger partial charge in [0.05, 0.1) is 12.2 Å². The number of benzene rings is 6. The number of aromatic hydroxyl groups is 6. The zero-order valence-electron chi connectivity index (χ0n) is 71.4. The average Bonchev–Trinajstić information content (AvgIpc) is 0.729. The Morgan fingerprint density at radius 3 is 1.00 bits per heavy atom. The Labute approximate surface area is 652 Å². The number of aryl methyl sites for hydroxylation is 6. The lowest BCUT2D eigenvalue weighted by Gasteiger charge is -2.55. The molecule has 0 spiro atoms. The number of allylic oxidation sites excluding steroid dienone is 4. The Morgan fingerprint density at radius 1 is 0.383 bits per heavy atom. The van der Waals surface area contributed by atoms with E-state index in [0.29, 0.717) is 40.9 Å². The van der Waals surface area contributed by atoms with E-state index in [4.69, 9.17) is 0 Å². The predicted octanol–water partition coefficient (Wildman–Crippen LogP) is 25.9. The molecule has 8 nitrogen and oxygen atoms in total. The lowest BCUT2D eigenvalue weighted by atomic mass is 9.51. The van der Waals surface area contributed by atoms with E-state index in [0.717, 1.165) is 126 Å². The number of aliphatic hydroxyl groups excluding tert-OH is 2. The van der Waals surface area contributed by atoms with Gasteiger partial charge in [0.25, 0.3) is 0 Å². The monoisotopic (exact) mass is 1480 g/mol. The van der Waals surface area contributed by atoms with Gasteiger partial charge in [-0.25, -0.2) is 0 Å². The van der Waals surface area contributed by atoms with Crippen molar-refractivity contribution in [3.05, 3.63) is 210 Å². The molecule has 0 radical (unpaired) electrons. The van der Waals surface area contributed by atoms with Crippen molar-refractivity contribution in [3.63, 3.8) is 0 Å². The van der Waals surface area contributed by atoms with Crippen LogP contribution >= 0.6 is 11.8 Å². The summed E-state index contributed by atoms with van der Waals surface area (Å²) in [6, 6.07) is 27.9. The highest BCUT2D eigenvalue weighted by Gasteiger charge is 2.55. The van der Waals surface area contributed by atoms with Crippen molar-refractivity contribution in [1.29, 1.82) is 0 Å². The smallest absolute Gasteiger partial charge is 0.122 e. The van der Waals surface area contributed by atoms with Crippen LogP contribution in [0.25, 0.3) is 0 Å². The molecule has 0 aliphatic heterocycles. The maximum atomic E-state index is 11.8. The highest BCUT2D eigenvalue weighted by Crippen LogP contribution is 2.59. The van der Waals surface area contributed by atoms with E-state index in [1.165, 1.54) is 49.7 Å². The Balaban J connectivity index is 0.000000202. The van der Waals surface area contributed by atoms with Crippen molar-refractivity contribution in [3.8, 4) is 34.5 Å². The van der Waals surface area contributed by atoms with Crippen LogP contribution in [0, 0.1) is 74.0 Å². The van der Waals surface area contributed by atoms with Crippen LogP contribution in [0.2, 0.25) is 0 Å². The highest BCUT2D eigenvalue weighted by atomic mass is 32.2. The summed E-state index contributed by atoms with van der Waals surface area (Å²) in [6.45, 7) is 60.2. The fourth-order valence-electron chi connectivity index (χ4n) is 17.3. The van der Waals surface area contributed by atoms with E-state index in [2.05, 4.69) is 239 Å². The number of hydrogen-bond donors (Lipinski definition) is 8. The summed E-state index contributed by atoms with van der Waals surface area (Å²) in [7, 11) is 0. The molecule has 0 aromatic heterocycles. The minimum atomic E-state index is -0.549. The first-order valence-electron chi connectivity index (χ1n) is 39.8.